The smallest absolute Gasteiger partial charge is 0.481 e. The van der Waals surface area contributed by atoms with Gasteiger partial charge in [-0.25, -0.2) is 9.59 Å². The van der Waals surface area contributed by atoms with E-state index < -0.39 is 156 Å². The molecule has 0 saturated heterocycles. The average molecular weight is 974 g/mol. The number of carboxylic acid groups (broad SMARTS) is 5. The lowest BCUT2D eigenvalue weighted by atomic mass is 10.1. The first kappa shape index (κ1) is 57.2. The normalized spacial score (nSPS) is 13.4. The highest BCUT2D eigenvalue weighted by Gasteiger charge is 2.39. The number of rotatable bonds is 23. The van der Waals surface area contributed by atoms with E-state index in [2.05, 4.69) is 10.6 Å². The molecule has 0 aliphatic rings. The minimum absolute atomic E-state index is 0.122. The van der Waals surface area contributed by atoms with Crippen LogP contribution in [0.1, 0.15) is 57.4 Å². The van der Waals surface area contributed by atoms with Crippen molar-refractivity contribution >= 4 is 81.9 Å². The first-order valence-corrected chi connectivity index (χ1v) is 18.7. The molecule has 2 rings (SSSR count). The first-order valence-electron chi connectivity index (χ1n) is 18.7. The SMILES string of the molecule is CC(=O)N[C@@H](CC(=O)O)C(=O)N[C@@H](CC(=O)O)C(=O)N[C@@H](CC(=O)O)C(=O)N[C@@H](CC(=O)O)C(=O)N[C@@H](CCCCN)C(=O)Nc1ccc2c(C(F)(F)F)cc(=O)oc2c1.O=C(O)C(F)(F)F. The van der Waals surface area contributed by atoms with Crippen LogP contribution < -0.4 is 43.3 Å². The van der Waals surface area contributed by atoms with Crippen LogP contribution in [-0.4, -0.2) is 134 Å². The number of hydrogen-bond acceptors (Lipinski definition) is 14. The fraction of sp³-hybridized carbons (Fsp3) is 0.444. The number of halogens is 6. The number of alkyl halides is 6. The summed E-state index contributed by atoms with van der Waals surface area (Å²) >= 11 is 0. The summed E-state index contributed by atoms with van der Waals surface area (Å²) in [5.74, 6) is -17.2. The highest BCUT2D eigenvalue weighted by Crippen LogP contribution is 2.34. The molecule has 0 radical (unpaired) electrons. The maximum absolute atomic E-state index is 13.5. The zero-order chi connectivity index (χ0) is 51.6. The van der Waals surface area contributed by atoms with E-state index in [1.54, 1.807) is 0 Å². The standard InChI is InChI=1S/C34H40F3N7O16.C2HF3O2/c1-14(45)39-19(10-24(46)47)30(56)42-21(12-26(50)51)32(58)44-22(13-27(52)53)33(59)43-20(11-25(48)49)31(57)41-18(4-2-3-7-38)29(55)40-15-5-6-16-17(34(35,36)37)9-28(54)60-23(16)8-15;3-2(4,5)1(6)7/h5-6,8-9,18-22H,2-4,7,10-13,38H2,1H3,(H,39,45)(H,40,55)(H,41,57)(H,42,56)(H,43,59)(H,44,58)(H,46,47)(H,48,49)(H,50,51)(H,52,53);(H,6,7)/t18-,19-,20-,21-,22-;/m0./s1. The number of anilines is 1. The van der Waals surface area contributed by atoms with Gasteiger partial charge in [-0.05, 0) is 37.9 Å². The fourth-order valence-electron chi connectivity index (χ4n) is 5.34. The minimum Gasteiger partial charge on any atom is -0.481 e. The summed E-state index contributed by atoms with van der Waals surface area (Å²) in [7, 11) is 0. The van der Waals surface area contributed by atoms with Gasteiger partial charge in [0.2, 0.25) is 35.4 Å². The number of aliphatic carboxylic acids is 5. The molecule has 6 amide bonds. The summed E-state index contributed by atoms with van der Waals surface area (Å²) < 4.78 is 77.1. The number of carbonyl (C=O) groups excluding carboxylic acids is 6. The second kappa shape index (κ2) is 25.6. The highest BCUT2D eigenvalue weighted by molar-refractivity contribution is 6.01. The number of carboxylic acids is 5. The van der Waals surface area contributed by atoms with Crippen LogP contribution >= 0.6 is 0 Å². The van der Waals surface area contributed by atoms with Crippen molar-refractivity contribution in [3.05, 3.63) is 40.2 Å². The van der Waals surface area contributed by atoms with Crippen molar-refractivity contribution in [2.75, 3.05) is 11.9 Å². The summed E-state index contributed by atoms with van der Waals surface area (Å²) in [6.07, 6.45) is -14.5. The van der Waals surface area contributed by atoms with Crippen molar-refractivity contribution in [3.63, 3.8) is 0 Å². The van der Waals surface area contributed by atoms with E-state index in [9.17, 15) is 94.4 Å². The third-order valence-corrected chi connectivity index (χ3v) is 8.25. The predicted octanol–water partition coefficient (Wildman–Crippen LogP) is -1.14. The maximum atomic E-state index is 13.5. The molecular weight excluding hydrogens is 932 g/mol. The van der Waals surface area contributed by atoms with E-state index in [0.29, 0.717) is 6.42 Å². The van der Waals surface area contributed by atoms with E-state index in [1.807, 2.05) is 21.3 Å². The van der Waals surface area contributed by atoms with Crippen molar-refractivity contribution in [1.82, 2.24) is 26.6 Å². The molecule has 25 nitrogen and oxygen atoms in total. The monoisotopic (exact) mass is 973 g/mol. The highest BCUT2D eigenvalue weighted by atomic mass is 19.4. The van der Waals surface area contributed by atoms with Crippen LogP contribution in [0.5, 0.6) is 0 Å². The van der Waals surface area contributed by atoms with Crippen LogP contribution in [-0.2, 0) is 58.9 Å². The Labute approximate surface area is 369 Å². The number of fused-ring (bicyclic) bond motifs is 1. The van der Waals surface area contributed by atoms with Crippen molar-refractivity contribution in [2.45, 2.75) is 94.4 Å². The summed E-state index contributed by atoms with van der Waals surface area (Å²) in [6, 6.07) is -6.73. The molecule has 0 bridgehead atoms. The van der Waals surface area contributed by atoms with Crippen LogP contribution in [0, 0.1) is 0 Å². The lowest BCUT2D eigenvalue weighted by Crippen LogP contribution is -2.59. The van der Waals surface area contributed by atoms with E-state index >= 15 is 0 Å². The topological polar surface area (TPSA) is 417 Å². The van der Waals surface area contributed by atoms with Gasteiger partial charge in [0.15, 0.2) is 0 Å². The Morgan fingerprint density at radius 1 is 0.597 bits per heavy atom. The lowest BCUT2D eigenvalue weighted by molar-refractivity contribution is -0.192. The molecule has 370 valence electrons. The molecule has 0 aliphatic carbocycles. The van der Waals surface area contributed by atoms with Gasteiger partial charge in [-0.15, -0.1) is 0 Å². The minimum atomic E-state index is -5.08. The van der Waals surface area contributed by atoms with E-state index in [1.165, 1.54) is 0 Å². The molecule has 0 aliphatic heterocycles. The third-order valence-electron chi connectivity index (χ3n) is 8.25. The van der Waals surface area contributed by atoms with Crippen molar-refractivity contribution in [3.8, 4) is 0 Å². The zero-order valence-electron chi connectivity index (χ0n) is 34.2. The van der Waals surface area contributed by atoms with Crippen molar-refractivity contribution in [1.29, 1.82) is 0 Å². The number of carbonyl (C=O) groups is 11. The van der Waals surface area contributed by atoms with Gasteiger partial charge in [-0.2, -0.15) is 26.3 Å². The summed E-state index contributed by atoms with van der Waals surface area (Å²) in [6.45, 7) is 1.04. The Balaban J connectivity index is 0.00000295. The number of nitrogens with two attached hydrogens (primary N) is 1. The summed E-state index contributed by atoms with van der Waals surface area (Å²) in [5.41, 5.74) is 2.09. The fourth-order valence-corrected chi connectivity index (χ4v) is 5.34. The lowest BCUT2D eigenvalue weighted by Gasteiger charge is -2.26. The van der Waals surface area contributed by atoms with Gasteiger partial charge in [0.1, 0.15) is 35.8 Å². The van der Waals surface area contributed by atoms with Gasteiger partial charge < -0.3 is 67.6 Å². The number of benzene rings is 1. The first-order chi connectivity index (χ1) is 30.8. The molecule has 5 atom stereocenters. The van der Waals surface area contributed by atoms with Gasteiger partial charge in [-0.3, -0.25) is 47.9 Å². The third kappa shape index (κ3) is 20.7. The number of unbranched alkanes of at least 4 members (excludes halogenated alkanes) is 1. The Morgan fingerprint density at radius 2 is 0.985 bits per heavy atom. The van der Waals surface area contributed by atoms with Gasteiger partial charge in [0, 0.05) is 30.1 Å². The second-order valence-electron chi connectivity index (χ2n) is 13.7. The molecule has 13 N–H and O–H groups in total. The second-order valence-corrected chi connectivity index (χ2v) is 13.7. The predicted molar refractivity (Wildman–Crippen MR) is 207 cm³/mol. The van der Waals surface area contributed by atoms with Crippen LogP contribution in [0.15, 0.2) is 33.5 Å². The van der Waals surface area contributed by atoms with E-state index in [-0.39, 0.29) is 31.1 Å². The molecule has 1 aromatic carbocycles. The van der Waals surface area contributed by atoms with Gasteiger partial charge in [0.05, 0.1) is 31.2 Å². The summed E-state index contributed by atoms with van der Waals surface area (Å²) in [4.78, 5) is 144. The van der Waals surface area contributed by atoms with Gasteiger partial charge in [0.25, 0.3) is 0 Å². The van der Waals surface area contributed by atoms with Crippen molar-refractivity contribution in [2.24, 2.45) is 5.73 Å². The maximum Gasteiger partial charge on any atom is 0.490 e. The number of nitrogens with one attached hydrogen (secondary N) is 6. The molecule has 2 aromatic rings. The van der Waals surface area contributed by atoms with Crippen LogP contribution in [0.3, 0.4) is 0 Å². The number of amides is 6. The van der Waals surface area contributed by atoms with Crippen LogP contribution in [0.2, 0.25) is 0 Å². The van der Waals surface area contributed by atoms with E-state index in [0.717, 1.165) is 25.1 Å². The molecule has 0 unspecified atom stereocenters. The molecule has 0 spiro atoms. The average Bonchev–Trinajstić information content (AvgIpc) is 3.17. The van der Waals surface area contributed by atoms with Crippen LogP contribution in [0.25, 0.3) is 11.0 Å². The number of hydrogen-bond donors (Lipinski definition) is 12. The molecular formula is C36H41F6N7O18. The zero-order valence-corrected chi connectivity index (χ0v) is 34.2. The molecule has 31 heteroatoms. The summed E-state index contributed by atoms with van der Waals surface area (Å²) in [5, 5.41) is 56.2. The molecule has 0 saturated carbocycles. The quantitative estimate of drug-likeness (QED) is 0.0355. The van der Waals surface area contributed by atoms with Gasteiger partial charge >= 0.3 is 47.8 Å². The Kier molecular flexibility index (Phi) is 21.8. The Bertz CT molecular complexity index is 2250. The largest absolute Gasteiger partial charge is 0.490 e. The Hall–Kier alpha value is -7.86. The molecule has 1 heterocycles. The molecule has 0 fully saturated rings. The van der Waals surface area contributed by atoms with Crippen molar-refractivity contribution < 1.29 is 109 Å². The molecule has 1 aromatic heterocycles. The molecule has 67 heavy (non-hydrogen) atoms. The van der Waals surface area contributed by atoms with E-state index in [4.69, 9.17) is 25.2 Å². The van der Waals surface area contributed by atoms with Gasteiger partial charge in [-0.1, -0.05) is 0 Å². The van der Waals surface area contributed by atoms with Crippen LogP contribution in [0.4, 0.5) is 32.0 Å². The Morgan fingerprint density at radius 3 is 1.33 bits per heavy atom.